The number of hydrogen-bond acceptors (Lipinski definition) is 2. The third-order valence-corrected chi connectivity index (χ3v) is 2.76. The van der Waals surface area contributed by atoms with Crippen molar-refractivity contribution in [2.45, 2.75) is 19.4 Å². The van der Waals surface area contributed by atoms with E-state index in [1.165, 1.54) is 0 Å². The molecule has 0 spiro atoms. The lowest BCUT2D eigenvalue weighted by Crippen LogP contribution is -2.07. The second-order valence-electron chi connectivity index (χ2n) is 3.67. The number of halogens is 1. The molecule has 0 radical (unpaired) electrons. The summed E-state index contributed by atoms with van der Waals surface area (Å²) in [6.07, 6.45) is 2.92. The van der Waals surface area contributed by atoms with E-state index in [1.54, 1.807) is 7.11 Å². The Bertz CT molecular complexity index is 467. The average molecular weight is 241 g/mol. The van der Waals surface area contributed by atoms with E-state index in [2.05, 4.69) is 11.9 Å². The fourth-order valence-electron chi connectivity index (χ4n) is 1.77. The van der Waals surface area contributed by atoms with Crippen LogP contribution in [-0.4, -0.2) is 12.1 Å². The van der Waals surface area contributed by atoms with Crippen molar-refractivity contribution in [2.75, 3.05) is 7.11 Å². The van der Waals surface area contributed by atoms with Gasteiger partial charge in [0.1, 0.15) is 5.75 Å². The fraction of sp³-hybridized carbons (Fsp3) is 0.333. The first-order valence-electron chi connectivity index (χ1n) is 5.17. The van der Waals surface area contributed by atoms with Crippen molar-refractivity contribution < 1.29 is 4.74 Å². The van der Waals surface area contributed by atoms with Crippen molar-refractivity contribution >= 4 is 23.3 Å². The van der Waals surface area contributed by atoms with Gasteiger partial charge in [-0.05, 0) is 30.2 Å². The van der Waals surface area contributed by atoms with Crippen molar-refractivity contribution in [3.8, 4) is 5.75 Å². The zero-order valence-electron chi connectivity index (χ0n) is 9.49. The van der Waals surface area contributed by atoms with Crippen molar-refractivity contribution in [3.05, 3.63) is 30.0 Å². The summed E-state index contributed by atoms with van der Waals surface area (Å²) in [6.45, 7) is 2.09. The van der Waals surface area contributed by atoms with Crippen LogP contribution in [0.2, 0.25) is 0 Å². The summed E-state index contributed by atoms with van der Waals surface area (Å²) in [5, 5.41) is 1.16. The Morgan fingerprint density at radius 2 is 2.19 bits per heavy atom. The molecule has 0 fully saturated rings. The van der Waals surface area contributed by atoms with E-state index < -0.39 is 0 Å². The molecule has 0 bridgehead atoms. The topological polar surface area (TPSA) is 51.0 Å². The van der Waals surface area contributed by atoms with Gasteiger partial charge in [-0.1, -0.05) is 6.92 Å². The van der Waals surface area contributed by atoms with E-state index in [-0.39, 0.29) is 18.4 Å². The average Bonchev–Trinajstić information content (AvgIpc) is 2.70. The van der Waals surface area contributed by atoms with Crippen molar-refractivity contribution in [1.29, 1.82) is 0 Å². The molecule has 1 heterocycles. The quantitative estimate of drug-likeness (QED) is 0.867. The predicted molar refractivity (Wildman–Crippen MR) is 69.3 cm³/mol. The molecule has 88 valence electrons. The first-order chi connectivity index (χ1) is 7.26. The number of fused-ring (bicyclic) bond motifs is 1. The SMILES string of the molecule is CC[C@@H](N)c1c[nH]c2ccc(OC)cc12.Cl. The number of H-pyrrole nitrogens is 1. The summed E-state index contributed by atoms with van der Waals surface area (Å²) in [5.74, 6) is 0.867. The maximum Gasteiger partial charge on any atom is 0.119 e. The maximum absolute atomic E-state index is 6.04. The molecule has 3 N–H and O–H groups in total. The zero-order valence-corrected chi connectivity index (χ0v) is 10.3. The lowest BCUT2D eigenvalue weighted by molar-refractivity contribution is 0.415. The molecular formula is C12H17ClN2O. The number of benzene rings is 1. The molecule has 0 unspecified atom stereocenters. The first-order valence-corrected chi connectivity index (χ1v) is 5.17. The van der Waals surface area contributed by atoms with E-state index in [9.17, 15) is 0 Å². The largest absolute Gasteiger partial charge is 0.497 e. The van der Waals surface area contributed by atoms with E-state index >= 15 is 0 Å². The van der Waals surface area contributed by atoms with Gasteiger partial charge in [0.25, 0.3) is 0 Å². The van der Waals surface area contributed by atoms with Gasteiger partial charge in [0.15, 0.2) is 0 Å². The zero-order chi connectivity index (χ0) is 10.8. The van der Waals surface area contributed by atoms with Gasteiger partial charge in [-0.15, -0.1) is 12.4 Å². The lowest BCUT2D eigenvalue weighted by Gasteiger charge is -2.07. The van der Waals surface area contributed by atoms with Crippen LogP contribution in [0.4, 0.5) is 0 Å². The summed E-state index contributed by atoms with van der Waals surface area (Å²) in [7, 11) is 1.67. The molecule has 4 heteroatoms. The second kappa shape index (κ2) is 5.23. The minimum atomic E-state index is 0. The van der Waals surface area contributed by atoms with Gasteiger partial charge < -0.3 is 15.5 Å². The molecule has 2 aromatic rings. The molecule has 0 amide bonds. The van der Waals surface area contributed by atoms with Gasteiger partial charge >= 0.3 is 0 Å². The van der Waals surface area contributed by atoms with Gasteiger partial charge in [-0.25, -0.2) is 0 Å². The molecule has 0 saturated heterocycles. The Balaban J connectivity index is 0.00000128. The number of nitrogens with one attached hydrogen (secondary N) is 1. The minimum Gasteiger partial charge on any atom is -0.497 e. The highest BCUT2D eigenvalue weighted by molar-refractivity contribution is 5.85. The Kier molecular flexibility index (Phi) is 4.21. The highest BCUT2D eigenvalue weighted by Gasteiger charge is 2.10. The molecule has 0 saturated carbocycles. The molecule has 16 heavy (non-hydrogen) atoms. The second-order valence-corrected chi connectivity index (χ2v) is 3.67. The van der Waals surface area contributed by atoms with Crippen LogP contribution in [0.25, 0.3) is 10.9 Å². The molecular weight excluding hydrogens is 224 g/mol. The molecule has 1 aromatic carbocycles. The molecule has 3 nitrogen and oxygen atoms in total. The summed E-state index contributed by atoms with van der Waals surface area (Å²) in [5.41, 5.74) is 8.30. The Morgan fingerprint density at radius 1 is 1.44 bits per heavy atom. The molecule has 0 aliphatic rings. The third-order valence-electron chi connectivity index (χ3n) is 2.76. The number of aromatic nitrogens is 1. The Hall–Kier alpha value is -1.19. The summed E-state index contributed by atoms with van der Waals surface area (Å²) in [6, 6.07) is 6.07. The van der Waals surface area contributed by atoms with Crippen molar-refractivity contribution in [2.24, 2.45) is 5.73 Å². The number of rotatable bonds is 3. The monoisotopic (exact) mass is 240 g/mol. The smallest absolute Gasteiger partial charge is 0.119 e. The standard InChI is InChI=1S/C12H16N2O.ClH/c1-3-11(13)10-7-14-12-5-4-8(15-2)6-9(10)12;/h4-7,11,14H,3,13H2,1-2H3;1H/t11-;/m1./s1. The fourth-order valence-corrected chi connectivity index (χ4v) is 1.77. The van der Waals surface area contributed by atoms with Crippen LogP contribution < -0.4 is 10.5 Å². The van der Waals surface area contributed by atoms with E-state index in [0.29, 0.717) is 0 Å². The number of hydrogen-bond donors (Lipinski definition) is 2. The van der Waals surface area contributed by atoms with Crippen LogP contribution in [-0.2, 0) is 0 Å². The third kappa shape index (κ3) is 2.15. The van der Waals surface area contributed by atoms with Crippen LogP contribution >= 0.6 is 12.4 Å². The summed E-state index contributed by atoms with van der Waals surface area (Å²) < 4.78 is 5.21. The molecule has 1 aromatic heterocycles. The van der Waals surface area contributed by atoms with E-state index in [1.807, 2.05) is 24.4 Å². The van der Waals surface area contributed by atoms with Gasteiger partial charge in [0, 0.05) is 23.1 Å². The van der Waals surface area contributed by atoms with Gasteiger partial charge in [0.2, 0.25) is 0 Å². The molecule has 2 rings (SSSR count). The minimum absolute atomic E-state index is 0. The predicted octanol–water partition coefficient (Wildman–Crippen LogP) is 3.01. The van der Waals surface area contributed by atoms with Gasteiger partial charge in [0.05, 0.1) is 7.11 Å². The normalized spacial score (nSPS) is 12.2. The van der Waals surface area contributed by atoms with Crippen molar-refractivity contribution in [1.82, 2.24) is 4.98 Å². The summed E-state index contributed by atoms with van der Waals surface area (Å²) >= 11 is 0. The van der Waals surface area contributed by atoms with E-state index in [4.69, 9.17) is 10.5 Å². The van der Waals surface area contributed by atoms with Crippen LogP contribution in [0, 0.1) is 0 Å². The number of methoxy groups -OCH3 is 1. The molecule has 0 aliphatic heterocycles. The lowest BCUT2D eigenvalue weighted by atomic mass is 10.0. The van der Waals surface area contributed by atoms with E-state index in [0.717, 1.165) is 28.6 Å². The number of nitrogens with two attached hydrogens (primary N) is 1. The molecule has 0 aliphatic carbocycles. The van der Waals surface area contributed by atoms with Crippen molar-refractivity contribution in [3.63, 3.8) is 0 Å². The van der Waals surface area contributed by atoms with Crippen LogP contribution in [0.15, 0.2) is 24.4 Å². The Morgan fingerprint density at radius 3 is 2.81 bits per heavy atom. The summed E-state index contributed by atoms with van der Waals surface area (Å²) in [4.78, 5) is 3.22. The van der Waals surface area contributed by atoms with Crippen LogP contribution in [0.1, 0.15) is 24.9 Å². The highest BCUT2D eigenvalue weighted by Crippen LogP contribution is 2.27. The maximum atomic E-state index is 6.04. The number of aromatic amines is 1. The van der Waals surface area contributed by atoms with Crippen LogP contribution in [0.5, 0.6) is 5.75 Å². The number of ether oxygens (including phenoxy) is 1. The Labute approximate surface area is 101 Å². The first kappa shape index (κ1) is 12.9. The van der Waals surface area contributed by atoms with Gasteiger partial charge in [-0.2, -0.15) is 0 Å². The van der Waals surface area contributed by atoms with Crippen LogP contribution in [0.3, 0.4) is 0 Å². The highest BCUT2D eigenvalue weighted by atomic mass is 35.5. The molecule has 1 atom stereocenters. The van der Waals surface area contributed by atoms with Gasteiger partial charge in [-0.3, -0.25) is 0 Å².